The number of likely N-dealkylation sites (N-methyl/N-ethyl adjacent to an activating group) is 1. The third-order valence-corrected chi connectivity index (χ3v) is 4.11. The van der Waals surface area contributed by atoms with E-state index < -0.39 is 5.66 Å². The van der Waals surface area contributed by atoms with Crippen LogP contribution in [0.2, 0.25) is 0 Å². The van der Waals surface area contributed by atoms with Gasteiger partial charge in [-0.05, 0) is 32.2 Å². The van der Waals surface area contributed by atoms with Gasteiger partial charge in [-0.1, -0.05) is 39.0 Å². The standard InChI is InChI=1S/C13H29N3/c1-3-4-10-12(16-2)13(14,15)11-8-6-5-7-9-11/h11-12,16H,3-10,14-15H2,1-2H3. The van der Waals surface area contributed by atoms with E-state index in [-0.39, 0.29) is 6.04 Å². The quantitative estimate of drug-likeness (QED) is 0.608. The molecule has 3 nitrogen and oxygen atoms in total. The van der Waals surface area contributed by atoms with Crippen molar-refractivity contribution in [2.24, 2.45) is 17.4 Å². The van der Waals surface area contributed by atoms with Crippen molar-refractivity contribution in [2.75, 3.05) is 7.05 Å². The molecule has 1 aliphatic rings. The summed E-state index contributed by atoms with van der Waals surface area (Å²) in [5.74, 6) is 0.496. The molecule has 0 aromatic carbocycles. The van der Waals surface area contributed by atoms with E-state index in [1.165, 1.54) is 44.9 Å². The van der Waals surface area contributed by atoms with E-state index in [1.807, 2.05) is 7.05 Å². The van der Waals surface area contributed by atoms with E-state index in [2.05, 4.69) is 12.2 Å². The zero-order valence-corrected chi connectivity index (χ0v) is 11.0. The average Bonchev–Trinajstić information content (AvgIpc) is 2.31. The van der Waals surface area contributed by atoms with Crippen LogP contribution in [0, 0.1) is 5.92 Å². The predicted molar refractivity (Wildman–Crippen MR) is 70.1 cm³/mol. The Hall–Kier alpha value is -0.120. The van der Waals surface area contributed by atoms with Crippen LogP contribution in [0.4, 0.5) is 0 Å². The molecule has 1 unspecified atom stereocenters. The number of nitrogens with two attached hydrogens (primary N) is 2. The smallest absolute Gasteiger partial charge is 0.0823 e. The molecule has 16 heavy (non-hydrogen) atoms. The van der Waals surface area contributed by atoms with Crippen molar-refractivity contribution in [1.29, 1.82) is 0 Å². The molecule has 1 rings (SSSR count). The first-order valence-electron chi connectivity index (χ1n) is 6.88. The largest absolute Gasteiger partial charge is 0.314 e. The predicted octanol–water partition coefficient (Wildman–Crippen LogP) is 1.96. The summed E-state index contributed by atoms with van der Waals surface area (Å²) < 4.78 is 0. The normalized spacial score (nSPS) is 21.0. The van der Waals surface area contributed by atoms with E-state index in [0.717, 1.165) is 6.42 Å². The highest BCUT2D eigenvalue weighted by molar-refractivity contribution is 4.96. The molecule has 0 saturated heterocycles. The van der Waals surface area contributed by atoms with Crippen molar-refractivity contribution >= 4 is 0 Å². The maximum atomic E-state index is 6.40. The second-order valence-corrected chi connectivity index (χ2v) is 5.32. The highest BCUT2D eigenvalue weighted by Crippen LogP contribution is 2.31. The van der Waals surface area contributed by atoms with E-state index in [4.69, 9.17) is 11.5 Å². The third-order valence-electron chi connectivity index (χ3n) is 4.11. The summed E-state index contributed by atoms with van der Waals surface area (Å²) in [7, 11) is 1.98. The maximum Gasteiger partial charge on any atom is 0.0823 e. The first-order valence-corrected chi connectivity index (χ1v) is 6.88. The molecule has 1 aliphatic carbocycles. The lowest BCUT2D eigenvalue weighted by molar-refractivity contribution is 0.156. The summed E-state index contributed by atoms with van der Waals surface area (Å²) in [6.07, 6.45) is 9.86. The van der Waals surface area contributed by atoms with Gasteiger partial charge in [0.05, 0.1) is 5.66 Å². The van der Waals surface area contributed by atoms with Crippen LogP contribution >= 0.6 is 0 Å². The second kappa shape index (κ2) is 6.58. The molecule has 3 heteroatoms. The molecule has 0 aromatic rings. The van der Waals surface area contributed by atoms with Gasteiger partial charge in [-0.15, -0.1) is 0 Å². The number of rotatable bonds is 6. The van der Waals surface area contributed by atoms with Gasteiger partial charge >= 0.3 is 0 Å². The molecule has 0 spiro atoms. The van der Waals surface area contributed by atoms with Crippen molar-refractivity contribution in [1.82, 2.24) is 5.32 Å². The van der Waals surface area contributed by atoms with Gasteiger partial charge in [0.2, 0.25) is 0 Å². The van der Waals surface area contributed by atoms with Crippen LogP contribution in [0.5, 0.6) is 0 Å². The minimum atomic E-state index is -0.523. The van der Waals surface area contributed by atoms with E-state index in [0.29, 0.717) is 5.92 Å². The lowest BCUT2D eigenvalue weighted by Crippen LogP contribution is -2.67. The van der Waals surface area contributed by atoms with Crippen LogP contribution in [0.3, 0.4) is 0 Å². The van der Waals surface area contributed by atoms with Gasteiger partial charge in [-0.2, -0.15) is 0 Å². The fraction of sp³-hybridized carbons (Fsp3) is 1.00. The monoisotopic (exact) mass is 227 g/mol. The van der Waals surface area contributed by atoms with Crippen molar-refractivity contribution < 1.29 is 0 Å². The summed E-state index contributed by atoms with van der Waals surface area (Å²) in [6, 6.07) is 0.260. The van der Waals surface area contributed by atoms with Crippen LogP contribution in [-0.4, -0.2) is 18.8 Å². The summed E-state index contributed by atoms with van der Waals surface area (Å²) in [5, 5.41) is 3.32. The molecule has 1 saturated carbocycles. The molecular formula is C13H29N3. The highest BCUT2D eigenvalue weighted by Gasteiger charge is 2.37. The van der Waals surface area contributed by atoms with Crippen LogP contribution < -0.4 is 16.8 Å². The number of hydrogen-bond acceptors (Lipinski definition) is 3. The summed E-state index contributed by atoms with van der Waals surface area (Å²) in [6.45, 7) is 2.21. The first kappa shape index (κ1) is 13.9. The molecule has 0 amide bonds. The Balaban J connectivity index is 2.56. The van der Waals surface area contributed by atoms with Crippen molar-refractivity contribution in [3.8, 4) is 0 Å². The molecule has 0 radical (unpaired) electrons. The molecule has 0 aliphatic heterocycles. The molecule has 0 aromatic heterocycles. The van der Waals surface area contributed by atoms with Gasteiger partial charge < -0.3 is 16.8 Å². The Labute approximate surface area is 100 Å². The van der Waals surface area contributed by atoms with E-state index >= 15 is 0 Å². The third kappa shape index (κ3) is 3.44. The summed E-state index contributed by atoms with van der Waals surface area (Å²) in [5.41, 5.74) is 12.3. The van der Waals surface area contributed by atoms with Gasteiger partial charge in [0.15, 0.2) is 0 Å². The fourth-order valence-corrected chi connectivity index (χ4v) is 2.94. The summed E-state index contributed by atoms with van der Waals surface area (Å²) >= 11 is 0. The van der Waals surface area contributed by atoms with E-state index in [1.54, 1.807) is 0 Å². The van der Waals surface area contributed by atoms with Crippen molar-refractivity contribution in [2.45, 2.75) is 70.0 Å². The Morgan fingerprint density at radius 3 is 2.38 bits per heavy atom. The molecule has 96 valence electrons. The number of nitrogens with one attached hydrogen (secondary N) is 1. The zero-order valence-electron chi connectivity index (χ0n) is 11.0. The van der Waals surface area contributed by atoms with Crippen LogP contribution in [0.1, 0.15) is 58.3 Å². The fourth-order valence-electron chi connectivity index (χ4n) is 2.94. The Morgan fingerprint density at radius 1 is 1.25 bits per heavy atom. The highest BCUT2D eigenvalue weighted by atomic mass is 15.1. The Bertz CT molecular complexity index is 186. The Morgan fingerprint density at radius 2 is 1.88 bits per heavy atom. The number of unbranched alkanes of at least 4 members (excludes halogenated alkanes) is 1. The van der Waals surface area contributed by atoms with Gasteiger partial charge in [0.1, 0.15) is 0 Å². The van der Waals surface area contributed by atoms with Crippen molar-refractivity contribution in [3.63, 3.8) is 0 Å². The minimum Gasteiger partial charge on any atom is -0.314 e. The minimum absolute atomic E-state index is 0.260. The van der Waals surface area contributed by atoms with E-state index in [9.17, 15) is 0 Å². The molecule has 1 atom stereocenters. The SMILES string of the molecule is CCCCC(NC)C(N)(N)C1CCCCC1. The zero-order chi connectivity index (χ0) is 12.0. The average molecular weight is 227 g/mol. The van der Waals surface area contributed by atoms with Crippen LogP contribution in [0.15, 0.2) is 0 Å². The molecule has 5 N–H and O–H groups in total. The lowest BCUT2D eigenvalue weighted by atomic mass is 9.76. The molecular weight excluding hydrogens is 198 g/mol. The second-order valence-electron chi connectivity index (χ2n) is 5.32. The first-order chi connectivity index (χ1) is 7.62. The maximum absolute atomic E-state index is 6.40. The van der Waals surface area contributed by atoms with Gasteiger partial charge in [-0.25, -0.2) is 0 Å². The van der Waals surface area contributed by atoms with Crippen LogP contribution in [-0.2, 0) is 0 Å². The number of hydrogen-bond donors (Lipinski definition) is 3. The van der Waals surface area contributed by atoms with Gasteiger partial charge in [0, 0.05) is 6.04 Å². The summed E-state index contributed by atoms with van der Waals surface area (Å²) in [4.78, 5) is 0. The molecule has 1 fully saturated rings. The lowest BCUT2D eigenvalue weighted by Gasteiger charge is -2.42. The van der Waals surface area contributed by atoms with Crippen LogP contribution in [0.25, 0.3) is 0 Å². The molecule has 0 heterocycles. The Kier molecular flexibility index (Phi) is 5.73. The topological polar surface area (TPSA) is 64.1 Å². The molecule has 0 bridgehead atoms. The van der Waals surface area contributed by atoms with Gasteiger partial charge in [-0.3, -0.25) is 0 Å². The van der Waals surface area contributed by atoms with Gasteiger partial charge in [0.25, 0.3) is 0 Å². The van der Waals surface area contributed by atoms with Crippen molar-refractivity contribution in [3.05, 3.63) is 0 Å².